The van der Waals surface area contributed by atoms with Crippen LogP contribution in [0.4, 0.5) is 0 Å². The molecule has 0 atom stereocenters. The molecule has 7 heteroatoms. The van der Waals surface area contributed by atoms with Gasteiger partial charge in [0.1, 0.15) is 4.32 Å². The standard InChI is InChI=1S/C8H17NO3S3/c1-3-9(4-2)8(13)14-6-5-7-15(10,11)12/h3-7H2,1-2H3,(H,10,11,12)/p-1. The molecule has 0 aliphatic rings. The van der Waals surface area contributed by atoms with Crippen LogP contribution in [0.3, 0.4) is 0 Å². The van der Waals surface area contributed by atoms with Gasteiger partial charge in [0.2, 0.25) is 0 Å². The van der Waals surface area contributed by atoms with Crippen LogP contribution >= 0.6 is 24.0 Å². The van der Waals surface area contributed by atoms with E-state index in [0.717, 1.165) is 17.4 Å². The van der Waals surface area contributed by atoms with Gasteiger partial charge in [-0.15, -0.1) is 0 Å². The lowest BCUT2D eigenvalue weighted by molar-refractivity contribution is 0.462. The highest BCUT2D eigenvalue weighted by molar-refractivity contribution is 8.22. The lowest BCUT2D eigenvalue weighted by atomic mass is 10.6. The molecule has 0 aliphatic heterocycles. The van der Waals surface area contributed by atoms with Gasteiger partial charge in [-0.05, 0) is 20.3 Å². The first-order chi connectivity index (χ1) is 6.90. The van der Waals surface area contributed by atoms with Crippen molar-refractivity contribution in [2.24, 2.45) is 0 Å². The summed E-state index contributed by atoms with van der Waals surface area (Å²) < 4.78 is 31.7. The molecule has 0 aromatic rings. The summed E-state index contributed by atoms with van der Waals surface area (Å²) in [5.74, 6) is 0.275. The Bertz CT molecular complexity index is 286. The Hall–Kier alpha value is 0.150. The number of rotatable bonds is 6. The Balaban J connectivity index is 3.73. The molecular weight excluding hydrogens is 254 g/mol. The quantitative estimate of drug-likeness (QED) is 0.412. The fourth-order valence-corrected chi connectivity index (χ4v) is 3.06. The van der Waals surface area contributed by atoms with Gasteiger partial charge in [0.25, 0.3) is 0 Å². The van der Waals surface area contributed by atoms with Crippen molar-refractivity contribution in [2.45, 2.75) is 20.3 Å². The minimum atomic E-state index is -4.07. The highest BCUT2D eigenvalue weighted by atomic mass is 32.2. The maximum absolute atomic E-state index is 10.3. The fraction of sp³-hybridized carbons (Fsp3) is 0.875. The summed E-state index contributed by atoms with van der Waals surface area (Å²) in [7, 11) is -4.07. The first-order valence-electron chi connectivity index (χ1n) is 4.76. The highest BCUT2D eigenvalue weighted by Crippen LogP contribution is 2.10. The van der Waals surface area contributed by atoms with Gasteiger partial charge in [-0.3, -0.25) is 0 Å². The van der Waals surface area contributed by atoms with Crippen molar-refractivity contribution in [3.63, 3.8) is 0 Å². The van der Waals surface area contributed by atoms with E-state index in [9.17, 15) is 13.0 Å². The van der Waals surface area contributed by atoms with Crippen molar-refractivity contribution < 1.29 is 13.0 Å². The molecule has 4 nitrogen and oxygen atoms in total. The van der Waals surface area contributed by atoms with Crippen molar-refractivity contribution >= 4 is 38.4 Å². The van der Waals surface area contributed by atoms with Gasteiger partial charge in [0, 0.05) is 24.6 Å². The van der Waals surface area contributed by atoms with Crippen molar-refractivity contribution in [1.82, 2.24) is 4.90 Å². The summed E-state index contributed by atoms with van der Waals surface area (Å²) >= 11 is 6.57. The number of nitrogens with zero attached hydrogens (tertiary/aromatic N) is 1. The number of thioether (sulfide) groups is 1. The minimum absolute atomic E-state index is 0.305. The molecule has 90 valence electrons. The first-order valence-corrected chi connectivity index (χ1v) is 7.73. The fourth-order valence-electron chi connectivity index (χ4n) is 0.968. The second-order valence-electron chi connectivity index (χ2n) is 2.90. The van der Waals surface area contributed by atoms with Gasteiger partial charge in [-0.25, -0.2) is 8.42 Å². The van der Waals surface area contributed by atoms with Crippen molar-refractivity contribution in [2.75, 3.05) is 24.6 Å². The van der Waals surface area contributed by atoms with Gasteiger partial charge in [-0.2, -0.15) is 0 Å². The predicted octanol–water partition coefficient (Wildman–Crippen LogP) is 1.28. The Morgan fingerprint density at radius 2 is 1.93 bits per heavy atom. The van der Waals surface area contributed by atoms with Crippen molar-refractivity contribution in [3.05, 3.63) is 0 Å². The molecule has 0 heterocycles. The molecule has 0 aromatic heterocycles. The summed E-state index contributed by atoms with van der Waals surface area (Å²) in [6, 6.07) is 0. The van der Waals surface area contributed by atoms with Crippen LogP contribution in [0.25, 0.3) is 0 Å². The molecule has 0 N–H and O–H groups in total. The molecule has 0 saturated carbocycles. The number of thiocarbonyl (C=S) groups is 1. The average Bonchev–Trinajstić information content (AvgIpc) is 2.13. The third kappa shape index (κ3) is 8.01. The van der Waals surface area contributed by atoms with E-state index in [-0.39, 0.29) is 5.75 Å². The van der Waals surface area contributed by atoms with Crippen LogP contribution in [0, 0.1) is 0 Å². The van der Waals surface area contributed by atoms with Crippen LogP contribution in [0.1, 0.15) is 20.3 Å². The molecule has 0 saturated heterocycles. The molecule has 0 spiro atoms. The van der Waals surface area contributed by atoms with Crippen LogP contribution in [0.5, 0.6) is 0 Å². The lowest BCUT2D eigenvalue weighted by Gasteiger charge is -2.20. The molecular formula is C8H16NO3S3-. The zero-order chi connectivity index (χ0) is 11.9. The van der Waals surface area contributed by atoms with Crippen LogP contribution < -0.4 is 0 Å². The number of hydrogen-bond donors (Lipinski definition) is 0. The van der Waals surface area contributed by atoms with E-state index in [0.29, 0.717) is 12.2 Å². The van der Waals surface area contributed by atoms with Gasteiger partial charge in [0.15, 0.2) is 0 Å². The van der Waals surface area contributed by atoms with Gasteiger partial charge >= 0.3 is 0 Å². The van der Waals surface area contributed by atoms with Gasteiger partial charge in [0.05, 0.1) is 10.1 Å². The first kappa shape index (κ1) is 15.2. The van der Waals surface area contributed by atoms with Crippen LogP contribution in [-0.4, -0.2) is 46.8 Å². The summed E-state index contributed by atoms with van der Waals surface area (Å²) in [6.45, 7) is 5.72. The Morgan fingerprint density at radius 1 is 1.40 bits per heavy atom. The SMILES string of the molecule is CCN(CC)C(=S)SCCCS(=O)(=O)[O-]. The van der Waals surface area contributed by atoms with Crippen LogP contribution in [-0.2, 0) is 10.1 Å². The molecule has 0 bridgehead atoms. The van der Waals surface area contributed by atoms with Crippen LogP contribution in [0.2, 0.25) is 0 Å². The zero-order valence-corrected chi connectivity index (χ0v) is 11.4. The summed E-state index contributed by atoms with van der Waals surface area (Å²) in [4.78, 5) is 2.02. The third-order valence-electron chi connectivity index (χ3n) is 1.79. The van der Waals surface area contributed by atoms with Crippen molar-refractivity contribution in [1.29, 1.82) is 0 Å². The average molecular weight is 270 g/mol. The molecule has 0 amide bonds. The smallest absolute Gasteiger partial charge is 0.136 e. The molecule has 0 aliphatic carbocycles. The molecule has 0 radical (unpaired) electrons. The van der Waals surface area contributed by atoms with E-state index in [1.54, 1.807) is 0 Å². The minimum Gasteiger partial charge on any atom is -0.748 e. The topological polar surface area (TPSA) is 60.4 Å². The highest BCUT2D eigenvalue weighted by Gasteiger charge is 2.05. The maximum Gasteiger partial charge on any atom is 0.136 e. The monoisotopic (exact) mass is 270 g/mol. The third-order valence-corrected chi connectivity index (χ3v) is 4.18. The normalized spacial score (nSPS) is 11.4. The molecule has 0 rings (SSSR count). The number of hydrogen-bond acceptors (Lipinski definition) is 5. The lowest BCUT2D eigenvalue weighted by Crippen LogP contribution is -2.26. The van der Waals surface area contributed by atoms with E-state index in [1.807, 2.05) is 18.7 Å². The molecule has 0 unspecified atom stereocenters. The van der Waals surface area contributed by atoms with E-state index in [1.165, 1.54) is 11.8 Å². The largest absolute Gasteiger partial charge is 0.748 e. The second-order valence-corrected chi connectivity index (χ2v) is 6.15. The van der Waals surface area contributed by atoms with E-state index in [2.05, 4.69) is 0 Å². The second kappa shape index (κ2) is 7.43. The molecule has 15 heavy (non-hydrogen) atoms. The Morgan fingerprint density at radius 3 is 2.33 bits per heavy atom. The Kier molecular flexibility index (Phi) is 7.50. The Labute approximate surface area is 101 Å². The zero-order valence-electron chi connectivity index (χ0n) is 8.93. The maximum atomic E-state index is 10.3. The van der Waals surface area contributed by atoms with E-state index < -0.39 is 10.1 Å². The molecule has 0 aromatic carbocycles. The summed E-state index contributed by atoms with van der Waals surface area (Å²) in [6.07, 6.45) is 0.359. The van der Waals surface area contributed by atoms with Gasteiger partial charge < -0.3 is 9.45 Å². The van der Waals surface area contributed by atoms with E-state index >= 15 is 0 Å². The van der Waals surface area contributed by atoms with Crippen LogP contribution in [0.15, 0.2) is 0 Å². The summed E-state index contributed by atoms with van der Waals surface area (Å²) in [5.41, 5.74) is 0. The van der Waals surface area contributed by atoms with E-state index in [4.69, 9.17) is 12.2 Å². The molecule has 0 fully saturated rings. The predicted molar refractivity (Wildman–Crippen MR) is 67.2 cm³/mol. The van der Waals surface area contributed by atoms with Crippen molar-refractivity contribution in [3.8, 4) is 0 Å². The summed E-state index contributed by atoms with van der Waals surface area (Å²) in [5, 5.41) is 0. The van der Waals surface area contributed by atoms with Gasteiger partial charge in [-0.1, -0.05) is 24.0 Å².